The summed E-state index contributed by atoms with van der Waals surface area (Å²) in [5.74, 6) is 0.387. The first-order valence-electron chi connectivity index (χ1n) is 5.16. The zero-order valence-electron chi connectivity index (χ0n) is 9.94. The number of imidazole rings is 1. The Morgan fingerprint density at radius 3 is 2.62 bits per heavy atom. The van der Waals surface area contributed by atoms with Crippen LogP contribution in [0.4, 0.5) is 5.82 Å². The molecule has 2 rings (SSSR count). The molecule has 0 atom stereocenters. The third-order valence-corrected chi connectivity index (χ3v) is 2.57. The normalized spacial score (nSPS) is 11.7. The van der Waals surface area contributed by atoms with Crippen LogP contribution in [0.5, 0.6) is 0 Å². The Labute approximate surface area is 94.8 Å². The van der Waals surface area contributed by atoms with E-state index in [0.717, 1.165) is 17.0 Å². The minimum Gasteiger partial charge on any atom is -0.360 e. The van der Waals surface area contributed by atoms with Gasteiger partial charge >= 0.3 is 0 Å². The zero-order chi connectivity index (χ0) is 11.9. The molecule has 0 spiro atoms. The Morgan fingerprint density at radius 1 is 1.38 bits per heavy atom. The predicted molar refractivity (Wildman–Crippen MR) is 62.7 cm³/mol. The van der Waals surface area contributed by atoms with Gasteiger partial charge in [-0.1, -0.05) is 27.3 Å². The molecule has 82 valence electrons. The molecule has 16 heavy (non-hydrogen) atoms. The van der Waals surface area contributed by atoms with Crippen molar-refractivity contribution in [3.8, 4) is 0 Å². The fourth-order valence-corrected chi connectivity index (χ4v) is 1.82. The molecule has 2 heterocycles. The number of hydrogen-bond acceptors (Lipinski definition) is 2. The number of rotatable bonds is 0. The van der Waals surface area contributed by atoms with Crippen LogP contribution in [-0.2, 0) is 5.41 Å². The number of nitrogens with zero attached hydrogens (tertiary/aromatic N) is 4. The molecule has 0 aromatic carbocycles. The summed E-state index contributed by atoms with van der Waals surface area (Å²) < 4.78 is 1.93. The van der Waals surface area contributed by atoms with Gasteiger partial charge in [0.25, 0.3) is 5.82 Å². The van der Waals surface area contributed by atoms with Crippen LogP contribution < -0.4 is 0 Å². The van der Waals surface area contributed by atoms with Gasteiger partial charge in [-0.3, -0.25) is 4.40 Å². The molecule has 0 fully saturated rings. The fourth-order valence-electron chi connectivity index (χ4n) is 1.82. The highest BCUT2D eigenvalue weighted by Gasteiger charge is 2.21. The van der Waals surface area contributed by atoms with Gasteiger partial charge in [0.1, 0.15) is 5.65 Å². The van der Waals surface area contributed by atoms with E-state index in [1.165, 1.54) is 0 Å². The van der Waals surface area contributed by atoms with Crippen LogP contribution in [0.15, 0.2) is 12.4 Å². The molecule has 0 saturated carbocycles. The topological polar surface area (TPSA) is 34.5 Å². The second-order valence-corrected chi connectivity index (χ2v) is 4.88. The highest BCUT2D eigenvalue weighted by molar-refractivity contribution is 5.52. The number of aryl methyl sites for hydroxylation is 1. The summed E-state index contributed by atoms with van der Waals surface area (Å²) in [7, 11) is 0. The molecule has 4 nitrogen and oxygen atoms in total. The molecular formula is C12H14N4. The molecule has 0 unspecified atom stereocenters. The zero-order valence-corrected chi connectivity index (χ0v) is 9.94. The maximum absolute atomic E-state index is 6.93. The lowest BCUT2D eigenvalue weighted by Gasteiger charge is -2.15. The molecule has 0 saturated heterocycles. The predicted octanol–water partition coefficient (Wildman–Crippen LogP) is 2.89. The second-order valence-electron chi connectivity index (χ2n) is 4.88. The molecule has 0 N–H and O–H groups in total. The first kappa shape index (κ1) is 10.6. The van der Waals surface area contributed by atoms with Crippen LogP contribution >= 0.6 is 0 Å². The molecular weight excluding hydrogens is 200 g/mol. The lowest BCUT2D eigenvalue weighted by atomic mass is 9.91. The molecule has 0 aliphatic heterocycles. The lowest BCUT2D eigenvalue weighted by Crippen LogP contribution is -2.13. The monoisotopic (exact) mass is 214 g/mol. The van der Waals surface area contributed by atoms with Gasteiger partial charge in [0.05, 0.1) is 5.69 Å². The second kappa shape index (κ2) is 3.31. The summed E-state index contributed by atoms with van der Waals surface area (Å²) >= 11 is 0. The summed E-state index contributed by atoms with van der Waals surface area (Å²) in [6.45, 7) is 15.3. The Morgan fingerprint density at radius 2 is 2.06 bits per heavy atom. The van der Waals surface area contributed by atoms with Crippen molar-refractivity contribution in [2.45, 2.75) is 33.1 Å². The first-order chi connectivity index (χ1) is 7.43. The van der Waals surface area contributed by atoms with Crippen molar-refractivity contribution < 1.29 is 0 Å². The average molecular weight is 214 g/mol. The largest absolute Gasteiger partial charge is 0.360 e. The van der Waals surface area contributed by atoms with Crippen molar-refractivity contribution >= 4 is 11.5 Å². The fraction of sp³-hybridized carbons (Fsp3) is 0.417. The van der Waals surface area contributed by atoms with E-state index in [1.807, 2.05) is 11.3 Å². The van der Waals surface area contributed by atoms with Crippen molar-refractivity contribution in [1.29, 1.82) is 0 Å². The SMILES string of the molecule is [C-]#[N+]c1cc2nc(C(C)(C)C)c(C)n2cn1. The highest BCUT2D eigenvalue weighted by atomic mass is 15.1. The van der Waals surface area contributed by atoms with Gasteiger partial charge in [0.2, 0.25) is 0 Å². The Bertz CT molecular complexity index is 581. The van der Waals surface area contributed by atoms with Crippen LogP contribution in [0.2, 0.25) is 0 Å². The third-order valence-electron chi connectivity index (χ3n) is 2.57. The summed E-state index contributed by atoms with van der Waals surface area (Å²) in [5.41, 5.74) is 2.94. The van der Waals surface area contributed by atoms with Gasteiger partial charge in [0, 0.05) is 17.2 Å². The van der Waals surface area contributed by atoms with Gasteiger partial charge in [-0.2, -0.15) is 0 Å². The third kappa shape index (κ3) is 1.54. The van der Waals surface area contributed by atoms with Crippen LogP contribution in [0, 0.1) is 13.5 Å². The van der Waals surface area contributed by atoms with E-state index in [9.17, 15) is 0 Å². The van der Waals surface area contributed by atoms with E-state index in [1.54, 1.807) is 12.4 Å². The van der Waals surface area contributed by atoms with E-state index >= 15 is 0 Å². The summed E-state index contributed by atoms with van der Waals surface area (Å²) in [6, 6.07) is 1.72. The molecule has 0 radical (unpaired) electrons. The summed E-state index contributed by atoms with van der Waals surface area (Å²) in [4.78, 5) is 11.9. The van der Waals surface area contributed by atoms with E-state index in [0.29, 0.717) is 5.82 Å². The quantitative estimate of drug-likeness (QED) is 0.632. The number of aromatic nitrogens is 3. The van der Waals surface area contributed by atoms with E-state index in [2.05, 4.69) is 35.6 Å². The van der Waals surface area contributed by atoms with Gasteiger partial charge in [-0.15, -0.1) is 4.98 Å². The molecule has 4 heteroatoms. The van der Waals surface area contributed by atoms with Gasteiger partial charge in [-0.05, 0) is 6.92 Å². The lowest BCUT2D eigenvalue weighted by molar-refractivity contribution is 0.568. The highest BCUT2D eigenvalue weighted by Crippen LogP contribution is 2.26. The minimum atomic E-state index is 0.00831. The molecule has 2 aromatic heterocycles. The minimum absolute atomic E-state index is 0.00831. The van der Waals surface area contributed by atoms with Crippen molar-refractivity contribution in [1.82, 2.24) is 14.4 Å². The standard InChI is InChI=1S/C12H14N4/c1-8-11(12(2,3)4)15-10-6-9(13-5)14-7-16(8)10/h6-7H,1-4H3. The van der Waals surface area contributed by atoms with E-state index < -0.39 is 0 Å². The van der Waals surface area contributed by atoms with Crippen molar-refractivity contribution in [2.24, 2.45) is 0 Å². The Hall–Kier alpha value is -1.89. The van der Waals surface area contributed by atoms with Crippen LogP contribution in [0.1, 0.15) is 32.2 Å². The van der Waals surface area contributed by atoms with Crippen LogP contribution in [0.25, 0.3) is 10.5 Å². The summed E-state index contributed by atoms with van der Waals surface area (Å²) in [6.07, 6.45) is 1.67. The number of hydrogen-bond donors (Lipinski definition) is 0. The van der Waals surface area contributed by atoms with Crippen molar-refractivity contribution in [2.75, 3.05) is 0 Å². The molecule has 2 aromatic rings. The Kier molecular flexibility index (Phi) is 2.20. The average Bonchev–Trinajstić information content (AvgIpc) is 2.55. The van der Waals surface area contributed by atoms with E-state index in [4.69, 9.17) is 6.57 Å². The van der Waals surface area contributed by atoms with Gasteiger partial charge in [-0.25, -0.2) is 4.98 Å². The maximum atomic E-state index is 6.93. The van der Waals surface area contributed by atoms with E-state index in [-0.39, 0.29) is 5.41 Å². The van der Waals surface area contributed by atoms with Gasteiger partial charge in [0.15, 0.2) is 6.33 Å². The van der Waals surface area contributed by atoms with Gasteiger partial charge < -0.3 is 4.85 Å². The number of fused-ring (bicyclic) bond motifs is 1. The molecule has 0 aliphatic carbocycles. The smallest absolute Gasteiger partial charge is 0.274 e. The molecule has 0 bridgehead atoms. The first-order valence-corrected chi connectivity index (χ1v) is 5.16. The van der Waals surface area contributed by atoms with Crippen LogP contribution in [0.3, 0.4) is 0 Å². The Balaban J connectivity index is 2.74. The molecule has 0 aliphatic rings. The van der Waals surface area contributed by atoms with Crippen molar-refractivity contribution in [3.05, 3.63) is 35.2 Å². The molecule has 0 amide bonds. The van der Waals surface area contributed by atoms with Crippen molar-refractivity contribution in [3.63, 3.8) is 0 Å². The summed E-state index contributed by atoms with van der Waals surface area (Å²) in [5, 5.41) is 0. The van der Waals surface area contributed by atoms with Crippen LogP contribution in [-0.4, -0.2) is 14.4 Å². The maximum Gasteiger partial charge on any atom is 0.274 e.